The van der Waals surface area contributed by atoms with Crippen LogP contribution in [-0.4, -0.2) is 30.1 Å². The molecule has 0 saturated heterocycles. The first kappa shape index (κ1) is 13.4. The molecule has 1 rings (SSSR count). The van der Waals surface area contributed by atoms with Crippen LogP contribution in [0.4, 0.5) is 0 Å². The molecule has 5 nitrogen and oxygen atoms in total. The Labute approximate surface area is 104 Å². The number of hydrogen-bond donors (Lipinski definition) is 0. The monoisotopic (exact) mass is 257 g/mol. The lowest BCUT2D eigenvalue weighted by molar-refractivity contribution is 0.0478. The van der Waals surface area contributed by atoms with Crippen molar-refractivity contribution >= 4 is 23.5 Å². The molecule has 92 valence electrons. The fourth-order valence-corrected chi connectivity index (χ4v) is 1.45. The third-order valence-corrected chi connectivity index (χ3v) is 2.17. The van der Waals surface area contributed by atoms with Gasteiger partial charge in [-0.05, 0) is 19.9 Å². The number of pyridine rings is 1. The van der Waals surface area contributed by atoms with Gasteiger partial charge in [0.1, 0.15) is 10.7 Å². The molecular weight excluding hydrogens is 246 g/mol. The predicted molar refractivity (Wildman–Crippen MR) is 61.2 cm³/mol. The Bertz CT molecular complexity index is 433. The van der Waals surface area contributed by atoms with E-state index in [2.05, 4.69) is 4.98 Å². The van der Waals surface area contributed by atoms with Gasteiger partial charge in [0.05, 0.1) is 18.8 Å². The van der Waals surface area contributed by atoms with Gasteiger partial charge in [-0.2, -0.15) is 0 Å². The number of ether oxygens (including phenoxy) is 2. The second kappa shape index (κ2) is 6.20. The van der Waals surface area contributed by atoms with Gasteiger partial charge in [0.2, 0.25) is 0 Å². The summed E-state index contributed by atoms with van der Waals surface area (Å²) in [6, 6.07) is 1.37. The number of halogens is 1. The van der Waals surface area contributed by atoms with Crippen LogP contribution in [0.5, 0.6) is 0 Å². The highest BCUT2D eigenvalue weighted by atomic mass is 35.5. The van der Waals surface area contributed by atoms with Crippen LogP contribution in [0.25, 0.3) is 0 Å². The van der Waals surface area contributed by atoms with Gasteiger partial charge in [-0.25, -0.2) is 14.6 Å². The smallest absolute Gasteiger partial charge is 0.342 e. The van der Waals surface area contributed by atoms with E-state index in [1.54, 1.807) is 13.8 Å². The normalized spacial score (nSPS) is 9.82. The number of nitrogens with zero attached hydrogens (tertiary/aromatic N) is 1. The number of carbonyl (C=O) groups is 2. The van der Waals surface area contributed by atoms with Crippen molar-refractivity contribution in [1.29, 1.82) is 0 Å². The first-order valence-corrected chi connectivity index (χ1v) is 5.48. The average Bonchev–Trinajstić information content (AvgIpc) is 2.29. The number of aromatic nitrogens is 1. The Balaban J connectivity index is 3.17. The molecular formula is C11H12ClNO4. The van der Waals surface area contributed by atoms with Gasteiger partial charge in [0, 0.05) is 6.20 Å². The van der Waals surface area contributed by atoms with Crippen LogP contribution in [0.1, 0.15) is 34.6 Å². The summed E-state index contributed by atoms with van der Waals surface area (Å²) >= 11 is 5.78. The number of hydrogen-bond acceptors (Lipinski definition) is 5. The predicted octanol–water partition coefficient (Wildman–Crippen LogP) is 2.09. The van der Waals surface area contributed by atoms with E-state index in [0.29, 0.717) is 0 Å². The molecule has 1 heterocycles. The molecule has 1 aromatic heterocycles. The van der Waals surface area contributed by atoms with Crippen LogP contribution in [0.15, 0.2) is 12.3 Å². The van der Waals surface area contributed by atoms with Gasteiger partial charge in [-0.15, -0.1) is 0 Å². The number of esters is 2. The average molecular weight is 258 g/mol. The SMILES string of the molecule is CCOC(=O)c1ccnc(Cl)c1C(=O)OCC. The Hall–Kier alpha value is -1.62. The van der Waals surface area contributed by atoms with Crippen LogP contribution < -0.4 is 0 Å². The molecule has 0 aliphatic carbocycles. The molecule has 17 heavy (non-hydrogen) atoms. The molecule has 0 atom stereocenters. The lowest BCUT2D eigenvalue weighted by Gasteiger charge is -2.08. The van der Waals surface area contributed by atoms with Gasteiger partial charge in [0.15, 0.2) is 0 Å². The molecule has 0 N–H and O–H groups in total. The van der Waals surface area contributed by atoms with E-state index in [-0.39, 0.29) is 29.5 Å². The second-order valence-corrected chi connectivity index (χ2v) is 3.32. The summed E-state index contributed by atoms with van der Waals surface area (Å²) in [4.78, 5) is 27.0. The molecule has 0 radical (unpaired) electrons. The van der Waals surface area contributed by atoms with Crippen LogP contribution in [-0.2, 0) is 9.47 Å². The van der Waals surface area contributed by atoms with Gasteiger partial charge >= 0.3 is 11.9 Å². The van der Waals surface area contributed by atoms with E-state index >= 15 is 0 Å². The van der Waals surface area contributed by atoms with E-state index in [9.17, 15) is 9.59 Å². The Kier molecular flexibility index (Phi) is 4.90. The molecule has 0 aliphatic heterocycles. The Morgan fingerprint density at radius 2 is 1.82 bits per heavy atom. The van der Waals surface area contributed by atoms with E-state index in [1.807, 2.05) is 0 Å². The molecule has 0 aromatic carbocycles. The van der Waals surface area contributed by atoms with Gasteiger partial charge in [-0.3, -0.25) is 0 Å². The standard InChI is InChI=1S/C11H12ClNO4/c1-3-16-10(14)7-5-6-13-9(12)8(7)11(15)17-4-2/h5-6H,3-4H2,1-2H3. The van der Waals surface area contributed by atoms with E-state index in [1.165, 1.54) is 12.3 Å². The maximum Gasteiger partial charge on any atom is 0.342 e. The number of carbonyl (C=O) groups excluding carboxylic acids is 2. The summed E-state index contributed by atoms with van der Waals surface area (Å²) in [5, 5.41) is -0.0750. The Morgan fingerprint density at radius 1 is 1.24 bits per heavy atom. The van der Waals surface area contributed by atoms with E-state index in [4.69, 9.17) is 21.1 Å². The molecule has 6 heteroatoms. The maximum absolute atomic E-state index is 11.6. The van der Waals surface area contributed by atoms with Crippen molar-refractivity contribution in [2.24, 2.45) is 0 Å². The lowest BCUT2D eigenvalue weighted by atomic mass is 10.1. The van der Waals surface area contributed by atoms with Gasteiger partial charge < -0.3 is 9.47 Å². The van der Waals surface area contributed by atoms with Crippen LogP contribution in [0.2, 0.25) is 5.15 Å². The zero-order chi connectivity index (χ0) is 12.8. The molecule has 0 saturated carbocycles. The van der Waals surface area contributed by atoms with Crippen molar-refractivity contribution in [2.45, 2.75) is 13.8 Å². The summed E-state index contributed by atoms with van der Waals surface area (Å²) in [7, 11) is 0. The maximum atomic E-state index is 11.6. The van der Waals surface area contributed by atoms with Crippen molar-refractivity contribution < 1.29 is 19.1 Å². The highest BCUT2D eigenvalue weighted by Crippen LogP contribution is 2.19. The molecule has 0 spiro atoms. The van der Waals surface area contributed by atoms with Crippen LogP contribution >= 0.6 is 11.6 Å². The van der Waals surface area contributed by atoms with Crippen molar-refractivity contribution in [3.05, 3.63) is 28.5 Å². The summed E-state index contributed by atoms with van der Waals surface area (Å²) in [6.07, 6.45) is 1.33. The van der Waals surface area contributed by atoms with Crippen molar-refractivity contribution in [3.8, 4) is 0 Å². The fourth-order valence-electron chi connectivity index (χ4n) is 1.21. The summed E-state index contributed by atoms with van der Waals surface area (Å²) < 4.78 is 9.63. The first-order chi connectivity index (χ1) is 8.11. The van der Waals surface area contributed by atoms with Crippen LogP contribution in [0.3, 0.4) is 0 Å². The lowest BCUT2D eigenvalue weighted by Crippen LogP contribution is -2.15. The molecule has 0 amide bonds. The van der Waals surface area contributed by atoms with E-state index in [0.717, 1.165) is 0 Å². The third-order valence-electron chi connectivity index (χ3n) is 1.88. The quantitative estimate of drug-likeness (QED) is 0.610. The Morgan fingerprint density at radius 3 is 2.41 bits per heavy atom. The van der Waals surface area contributed by atoms with Crippen LogP contribution in [0, 0.1) is 0 Å². The second-order valence-electron chi connectivity index (χ2n) is 2.97. The third kappa shape index (κ3) is 3.17. The van der Waals surface area contributed by atoms with E-state index < -0.39 is 11.9 Å². The minimum atomic E-state index is -0.686. The van der Waals surface area contributed by atoms with Gasteiger partial charge in [0.25, 0.3) is 0 Å². The van der Waals surface area contributed by atoms with Gasteiger partial charge in [-0.1, -0.05) is 11.6 Å². The largest absolute Gasteiger partial charge is 0.462 e. The van der Waals surface area contributed by atoms with Crippen molar-refractivity contribution in [2.75, 3.05) is 13.2 Å². The summed E-state index contributed by atoms with van der Waals surface area (Å²) in [5.41, 5.74) is -0.000216. The van der Waals surface area contributed by atoms with Crippen molar-refractivity contribution in [3.63, 3.8) is 0 Å². The van der Waals surface area contributed by atoms with Crippen molar-refractivity contribution in [1.82, 2.24) is 4.98 Å². The topological polar surface area (TPSA) is 65.5 Å². The minimum Gasteiger partial charge on any atom is -0.462 e. The first-order valence-electron chi connectivity index (χ1n) is 5.10. The highest BCUT2D eigenvalue weighted by molar-refractivity contribution is 6.33. The zero-order valence-electron chi connectivity index (χ0n) is 9.53. The molecule has 0 bridgehead atoms. The minimum absolute atomic E-state index is 0.0605. The zero-order valence-corrected chi connectivity index (χ0v) is 10.3. The number of rotatable bonds is 4. The molecule has 1 aromatic rings. The molecule has 0 aliphatic rings. The summed E-state index contributed by atoms with van der Waals surface area (Å²) in [6.45, 7) is 3.73. The molecule has 0 unspecified atom stereocenters. The molecule has 0 fully saturated rings. The highest BCUT2D eigenvalue weighted by Gasteiger charge is 2.22. The fraction of sp³-hybridized carbons (Fsp3) is 0.364. The summed E-state index contributed by atoms with van der Waals surface area (Å²) in [5.74, 6) is -1.31.